The monoisotopic (exact) mass is 365 g/mol. The molecule has 0 radical (unpaired) electrons. The van der Waals surface area contributed by atoms with Crippen LogP contribution in [0.3, 0.4) is 0 Å². The molecule has 7 nitrogen and oxygen atoms in total. The second-order valence-electron chi connectivity index (χ2n) is 6.84. The fraction of sp³-hybridized carbons (Fsp3) is 0.400. The standard InChI is InChI=1S/C20H23N5O2/c1-14-17(15(2)25-20(23-14)21-13-22-25)8-9-19(26)24-10-11-27-18(12-24)16-6-4-3-5-7-16/h3-7,13,18H,8-12H2,1-2H3. The zero-order valence-electron chi connectivity index (χ0n) is 15.6. The number of aryl methyl sites for hydroxylation is 2. The lowest BCUT2D eigenvalue weighted by molar-refractivity contribution is -0.139. The molecular formula is C20H23N5O2. The second kappa shape index (κ2) is 7.44. The fourth-order valence-electron chi connectivity index (χ4n) is 3.65. The van der Waals surface area contributed by atoms with Gasteiger partial charge >= 0.3 is 0 Å². The first-order chi connectivity index (χ1) is 13.1. The maximum atomic E-state index is 12.8. The minimum Gasteiger partial charge on any atom is -0.370 e. The largest absolute Gasteiger partial charge is 0.370 e. The van der Waals surface area contributed by atoms with E-state index in [2.05, 4.69) is 15.1 Å². The number of carbonyl (C=O) groups excluding carboxylic acids is 1. The Morgan fingerprint density at radius 3 is 2.89 bits per heavy atom. The van der Waals surface area contributed by atoms with E-state index in [1.807, 2.05) is 49.1 Å². The SMILES string of the molecule is Cc1nc2ncnn2c(C)c1CCC(=O)N1CCOC(c2ccccc2)C1. The van der Waals surface area contributed by atoms with E-state index in [4.69, 9.17) is 4.74 Å². The van der Waals surface area contributed by atoms with Crippen molar-refractivity contribution in [3.05, 3.63) is 59.2 Å². The highest BCUT2D eigenvalue weighted by atomic mass is 16.5. The Morgan fingerprint density at radius 1 is 1.26 bits per heavy atom. The average Bonchev–Trinajstić information content (AvgIpc) is 3.17. The first-order valence-corrected chi connectivity index (χ1v) is 9.23. The number of morpholine rings is 1. The molecule has 27 heavy (non-hydrogen) atoms. The molecule has 2 aromatic heterocycles. The molecule has 0 spiro atoms. The molecule has 1 saturated heterocycles. The lowest BCUT2D eigenvalue weighted by Gasteiger charge is -2.33. The number of hydrogen-bond donors (Lipinski definition) is 0. The van der Waals surface area contributed by atoms with Crippen LogP contribution < -0.4 is 0 Å². The van der Waals surface area contributed by atoms with Crippen molar-refractivity contribution in [1.29, 1.82) is 0 Å². The normalized spacial score (nSPS) is 17.4. The van der Waals surface area contributed by atoms with Crippen molar-refractivity contribution in [3.8, 4) is 0 Å². The van der Waals surface area contributed by atoms with Crippen molar-refractivity contribution in [2.75, 3.05) is 19.7 Å². The summed E-state index contributed by atoms with van der Waals surface area (Å²) in [5, 5.41) is 4.21. The van der Waals surface area contributed by atoms with Gasteiger partial charge in [-0.05, 0) is 31.4 Å². The predicted molar refractivity (Wildman–Crippen MR) is 100 cm³/mol. The van der Waals surface area contributed by atoms with Crippen LogP contribution in [0.5, 0.6) is 0 Å². The van der Waals surface area contributed by atoms with E-state index in [9.17, 15) is 4.79 Å². The Balaban J connectivity index is 1.44. The molecule has 3 heterocycles. The van der Waals surface area contributed by atoms with Gasteiger partial charge in [-0.3, -0.25) is 4.79 Å². The van der Waals surface area contributed by atoms with Crippen molar-refractivity contribution in [2.45, 2.75) is 32.8 Å². The van der Waals surface area contributed by atoms with Gasteiger partial charge in [0.05, 0.1) is 13.2 Å². The molecule has 0 saturated carbocycles. The number of amides is 1. The van der Waals surface area contributed by atoms with E-state index in [-0.39, 0.29) is 12.0 Å². The highest BCUT2D eigenvalue weighted by Crippen LogP contribution is 2.23. The van der Waals surface area contributed by atoms with Crippen LogP contribution in [0.1, 0.15) is 35.0 Å². The zero-order chi connectivity index (χ0) is 18.8. The molecule has 1 fully saturated rings. The first-order valence-electron chi connectivity index (χ1n) is 9.23. The summed E-state index contributed by atoms with van der Waals surface area (Å²) >= 11 is 0. The van der Waals surface area contributed by atoms with Crippen LogP contribution in [-0.2, 0) is 16.0 Å². The van der Waals surface area contributed by atoms with E-state index < -0.39 is 0 Å². The Morgan fingerprint density at radius 2 is 2.07 bits per heavy atom. The van der Waals surface area contributed by atoms with Gasteiger partial charge in [-0.25, -0.2) is 9.50 Å². The van der Waals surface area contributed by atoms with Crippen LogP contribution in [0.4, 0.5) is 0 Å². The van der Waals surface area contributed by atoms with Crippen LogP contribution in [0.2, 0.25) is 0 Å². The van der Waals surface area contributed by atoms with Crippen LogP contribution in [0, 0.1) is 13.8 Å². The molecule has 1 aliphatic rings. The number of benzene rings is 1. The van der Waals surface area contributed by atoms with Crippen molar-refractivity contribution in [3.63, 3.8) is 0 Å². The number of aromatic nitrogens is 4. The molecule has 3 aromatic rings. The maximum Gasteiger partial charge on any atom is 0.252 e. The van der Waals surface area contributed by atoms with Crippen molar-refractivity contribution in [2.24, 2.45) is 0 Å². The lowest BCUT2D eigenvalue weighted by Crippen LogP contribution is -2.42. The van der Waals surface area contributed by atoms with Crippen LogP contribution in [-0.4, -0.2) is 50.1 Å². The van der Waals surface area contributed by atoms with Crippen LogP contribution in [0.15, 0.2) is 36.7 Å². The third kappa shape index (κ3) is 3.55. The van der Waals surface area contributed by atoms with Gasteiger partial charge < -0.3 is 9.64 Å². The Labute approximate surface area is 158 Å². The molecule has 1 aliphatic heterocycles. The number of carbonyl (C=O) groups is 1. The predicted octanol–water partition coefficient (Wildman–Crippen LogP) is 2.27. The first kappa shape index (κ1) is 17.6. The minimum atomic E-state index is -0.0551. The molecule has 7 heteroatoms. The summed E-state index contributed by atoms with van der Waals surface area (Å²) in [6.45, 7) is 5.76. The van der Waals surface area contributed by atoms with Gasteiger partial charge in [-0.15, -0.1) is 0 Å². The molecule has 1 aromatic carbocycles. The number of rotatable bonds is 4. The highest BCUT2D eigenvalue weighted by molar-refractivity contribution is 5.76. The number of hydrogen-bond acceptors (Lipinski definition) is 5. The summed E-state index contributed by atoms with van der Waals surface area (Å²) in [5.41, 5.74) is 4.08. The van der Waals surface area contributed by atoms with Gasteiger partial charge in [0.2, 0.25) is 5.91 Å². The van der Waals surface area contributed by atoms with Crippen molar-refractivity contribution in [1.82, 2.24) is 24.5 Å². The summed E-state index contributed by atoms with van der Waals surface area (Å²) in [6, 6.07) is 10.1. The molecule has 0 N–H and O–H groups in total. The minimum absolute atomic E-state index is 0.0551. The smallest absolute Gasteiger partial charge is 0.252 e. The third-order valence-corrected chi connectivity index (χ3v) is 5.17. The van der Waals surface area contributed by atoms with E-state index in [0.29, 0.717) is 38.3 Å². The number of nitrogens with zero attached hydrogens (tertiary/aromatic N) is 5. The van der Waals surface area contributed by atoms with Gasteiger partial charge in [0.1, 0.15) is 12.4 Å². The molecule has 1 unspecified atom stereocenters. The number of fused-ring (bicyclic) bond motifs is 1. The lowest BCUT2D eigenvalue weighted by atomic mass is 10.0. The summed E-state index contributed by atoms with van der Waals surface area (Å²) in [5.74, 6) is 0.746. The van der Waals surface area contributed by atoms with Crippen molar-refractivity contribution >= 4 is 11.7 Å². The van der Waals surface area contributed by atoms with E-state index >= 15 is 0 Å². The second-order valence-corrected chi connectivity index (χ2v) is 6.84. The van der Waals surface area contributed by atoms with Crippen molar-refractivity contribution < 1.29 is 9.53 Å². The summed E-state index contributed by atoms with van der Waals surface area (Å²) in [4.78, 5) is 23.3. The van der Waals surface area contributed by atoms with Gasteiger partial charge in [0, 0.05) is 24.4 Å². The summed E-state index contributed by atoms with van der Waals surface area (Å²) in [6.07, 6.45) is 2.54. The molecule has 0 aliphatic carbocycles. The molecule has 140 valence electrons. The average molecular weight is 365 g/mol. The van der Waals surface area contributed by atoms with Crippen LogP contribution >= 0.6 is 0 Å². The zero-order valence-corrected chi connectivity index (χ0v) is 15.6. The van der Waals surface area contributed by atoms with E-state index in [0.717, 1.165) is 22.5 Å². The van der Waals surface area contributed by atoms with E-state index in [1.54, 1.807) is 4.52 Å². The Bertz CT molecular complexity index is 954. The van der Waals surface area contributed by atoms with Gasteiger partial charge in [0.15, 0.2) is 0 Å². The topological polar surface area (TPSA) is 72.6 Å². The molecule has 1 atom stereocenters. The fourth-order valence-corrected chi connectivity index (χ4v) is 3.65. The van der Waals surface area contributed by atoms with Crippen LogP contribution in [0.25, 0.3) is 5.78 Å². The Hall–Kier alpha value is -2.80. The van der Waals surface area contributed by atoms with E-state index in [1.165, 1.54) is 6.33 Å². The summed E-state index contributed by atoms with van der Waals surface area (Å²) in [7, 11) is 0. The van der Waals surface area contributed by atoms with Gasteiger partial charge in [-0.1, -0.05) is 30.3 Å². The van der Waals surface area contributed by atoms with Gasteiger partial charge in [0.25, 0.3) is 5.78 Å². The molecular weight excluding hydrogens is 342 g/mol. The molecule has 4 rings (SSSR count). The quantitative estimate of drug-likeness (QED) is 0.709. The summed E-state index contributed by atoms with van der Waals surface area (Å²) < 4.78 is 7.59. The molecule has 0 bridgehead atoms. The van der Waals surface area contributed by atoms with Gasteiger partial charge in [-0.2, -0.15) is 10.1 Å². The maximum absolute atomic E-state index is 12.8. The Kier molecular flexibility index (Phi) is 4.85. The molecule has 1 amide bonds. The highest BCUT2D eigenvalue weighted by Gasteiger charge is 2.25. The third-order valence-electron chi connectivity index (χ3n) is 5.17. The number of ether oxygens (including phenoxy) is 1.